The number of aromatic nitrogens is 3. The van der Waals surface area contributed by atoms with Gasteiger partial charge in [0.25, 0.3) is 0 Å². The van der Waals surface area contributed by atoms with Gasteiger partial charge in [-0.05, 0) is 41.6 Å². The molecule has 1 aromatic heterocycles. The molecule has 6 heteroatoms. The number of carbonyl (C=O) groups excluding carboxylic acids is 1. The number of halogens is 1. The van der Waals surface area contributed by atoms with E-state index in [9.17, 15) is 4.79 Å². The van der Waals surface area contributed by atoms with E-state index < -0.39 is 0 Å². The summed E-state index contributed by atoms with van der Waals surface area (Å²) in [4.78, 5) is 15.8. The van der Waals surface area contributed by atoms with Crippen LogP contribution < -0.4 is 5.32 Å². The Balaban J connectivity index is 2.10. The lowest BCUT2D eigenvalue weighted by Gasteiger charge is -2.12. The first-order valence-corrected chi connectivity index (χ1v) is 6.16. The molecule has 17 heavy (non-hydrogen) atoms. The quantitative estimate of drug-likeness (QED) is 0.869. The molecule has 2 aromatic rings. The number of hydrogen-bond acceptors (Lipinski definition) is 3. The summed E-state index contributed by atoms with van der Waals surface area (Å²) in [5, 5.41) is 6.81. The molecule has 1 amide bonds. The number of nitrogens with zero attached hydrogens (tertiary/aromatic N) is 3. The molecule has 88 valence electrons. The highest BCUT2D eigenvalue weighted by Crippen LogP contribution is 2.18. The zero-order valence-electron chi connectivity index (χ0n) is 9.17. The first-order chi connectivity index (χ1) is 8.18. The van der Waals surface area contributed by atoms with Crippen molar-refractivity contribution in [1.82, 2.24) is 14.8 Å². The van der Waals surface area contributed by atoms with Gasteiger partial charge in [0.05, 0.1) is 5.69 Å². The van der Waals surface area contributed by atoms with Gasteiger partial charge in [0.1, 0.15) is 18.7 Å². The highest BCUT2D eigenvalue weighted by molar-refractivity contribution is 14.1. The van der Waals surface area contributed by atoms with Gasteiger partial charge in [0.15, 0.2) is 0 Å². The van der Waals surface area contributed by atoms with Crippen LogP contribution in [0.15, 0.2) is 36.9 Å². The van der Waals surface area contributed by atoms with Gasteiger partial charge < -0.3 is 5.32 Å². The molecule has 2 rings (SSSR count). The van der Waals surface area contributed by atoms with Crippen LogP contribution in [0.25, 0.3) is 0 Å². The van der Waals surface area contributed by atoms with E-state index in [1.54, 1.807) is 6.92 Å². The summed E-state index contributed by atoms with van der Waals surface area (Å²) in [5.74, 6) is -0.111. The van der Waals surface area contributed by atoms with E-state index in [0.717, 1.165) is 9.26 Å². The molecule has 5 nitrogen and oxygen atoms in total. The zero-order chi connectivity index (χ0) is 12.3. The maximum Gasteiger partial charge on any atom is 0.249 e. The van der Waals surface area contributed by atoms with E-state index in [0.29, 0.717) is 0 Å². The fourth-order valence-corrected chi connectivity index (χ4v) is 1.86. The number of hydrogen-bond donors (Lipinski definition) is 1. The third-order valence-corrected chi connectivity index (χ3v) is 3.29. The number of nitrogens with one attached hydrogen (secondary N) is 1. The Hall–Kier alpha value is -1.44. The molecule has 0 radical (unpaired) electrons. The van der Waals surface area contributed by atoms with E-state index in [1.165, 1.54) is 17.3 Å². The molecule has 0 saturated heterocycles. The largest absolute Gasteiger partial charge is 0.323 e. The number of carbonyl (C=O) groups is 1. The molecule has 0 fully saturated rings. The van der Waals surface area contributed by atoms with Crippen LogP contribution in [0.1, 0.15) is 13.0 Å². The van der Waals surface area contributed by atoms with Crippen LogP contribution in [0.4, 0.5) is 5.69 Å². The lowest BCUT2D eigenvalue weighted by molar-refractivity contribution is -0.119. The van der Waals surface area contributed by atoms with Gasteiger partial charge in [-0.25, -0.2) is 9.67 Å². The van der Waals surface area contributed by atoms with Gasteiger partial charge in [-0.15, -0.1) is 0 Å². The molecule has 1 aromatic carbocycles. The molecule has 0 aliphatic rings. The third-order valence-electron chi connectivity index (χ3n) is 2.34. The summed E-state index contributed by atoms with van der Waals surface area (Å²) >= 11 is 2.18. The summed E-state index contributed by atoms with van der Waals surface area (Å²) in [6.07, 6.45) is 2.94. The highest BCUT2D eigenvalue weighted by Gasteiger charge is 2.16. The van der Waals surface area contributed by atoms with Crippen LogP contribution >= 0.6 is 22.6 Å². The molecule has 0 bridgehead atoms. The number of para-hydroxylation sites is 1. The summed E-state index contributed by atoms with van der Waals surface area (Å²) < 4.78 is 2.52. The second-order valence-corrected chi connectivity index (χ2v) is 4.68. The Morgan fingerprint density at radius 1 is 1.47 bits per heavy atom. The average molecular weight is 342 g/mol. The van der Waals surface area contributed by atoms with Crippen molar-refractivity contribution in [2.24, 2.45) is 0 Å². The third kappa shape index (κ3) is 2.82. The molecule has 1 N–H and O–H groups in total. The molecule has 0 aliphatic carbocycles. The predicted octanol–water partition coefficient (Wildman–Crippen LogP) is 2.08. The van der Waals surface area contributed by atoms with Crippen molar-refractivity contribution in [1.29, 1.82) is 0 Å². The number of amides is 1. The zero-order valence-corrected chi connectivity index (χ0v) is 11.3. The molecule has 0 spiro atoms. The van der Waals surface area contributed by atoms with Gasteiger partial charge in [0, 0.05) is 3.57 Å². The highest BCUT2D eigenvalue weighted by atomic mass is 127. The minimum atomic E-state index is -0.381. The molecule has 1 unspecified atom stereocenters. The number of anilines is 1. The fraction of sp³-hybridized carbons (Fsp3) is 0.182. The lowest BCUT2D eigenvalue weighted by Crippen LogP contribution is -2.24. The van der Waals surface area contributed by atoms with Crippen molar-refractivity contribution in [2.75, 3.05) is 5.32 Å². The van der Waals surface area contributed by atoms with Crippen molar-refractivity contribution < 1.29 is 4.79 Å². The second-order valence-electron chi connectivity index (χ2n) is 3.52. The van der Waals surface area contributed by atoms with E-state index >= 15 is 0 Å². The first-order valence-electron chi connectivity index (χ1n) is 5.08. The Morgan fingerprint density at radius 3 is 2.88 bits per heavy atom. The average Bonchev–Trinajstić information content (AvgIpc) is 2.84. The van der Waals surface area contributed by atoms with Crippen LogP contribution in [-0.2, 0) is 4.79 Å². The summed E-state index contributed by atoms with van der Waals surface area (Å²) in [6, 6.07) is 7.24. The molecule has 0 saturated carbocycles. The van der Waals surface area contributed by atoms with Gasteiger partial charge in [-0.2, -0.15) is 5.10 Å². The van der Waals surface area contributed by atoms with Gasteiger partial charge in [-0.1, -0.05) is 12.1 Å². The fourth-order valence-electron chi connectivity index (χ4n) is 1.34. The molecule has 1 atom stereocenters. The smallest absolute Gasteiger partial charge is 0.249 e. The summed E-state index contributed by atoms with van der Waals surface area (Å²) in [5.41, 5.74) is 0.810. The Labute approximate surface area is 112 Å². The van der Waals surface area contributed by atoms with Crippen LogP contribution in [0.5, 0.6) is 0 Å². The van der Waals surface area contributed by atoms with Crippen LogP contribution in [0.3, 0.4) is 0 Å². The van der Waals surface area contributed by atoms with Crippen molar-refractivity contribution >= 4 is 34.2 Å². The standard InChI is InChI=1S/C11H11IN4O/c1-8(16-7-13-6-14-16)11(17)15-10-5-3-2-4-9(10)12/h2-8H,1H3,(H,15,17). The van der Waals surface area contributed by atoms with Gasteiger partial charge in [-0.3, -0.25) is 4.79 Å². The van der Waals surface area contributed by atoms with Gasteiger partial charge >= 0.3 is 0 Å². The maximum absolute atomic E-state index is 12.0. The minimum Gasteiger partial charge on any atom is -0.323 e. The maximum atomic E-state index is 12.0. The van der Waals surface area contributed by atoms with Crippen LogP contribution in [0.2, 0.25) is 0 Å². The first kappa shape index (κ1) is 12.0. The molecular formula is C11H11IN4O. The predicted molar refractivity (Wildman–Crippen MR) is 72.5 cm³/mol. The normalized spacial score (nSPS) is 12.1. The molecule has 1 heterocycles. The summed E-state index contributed by atoms with van der Waals surface area (Å²) in [7, 11) is 0. The van der Waals surface area contributed by atoms with Crippen molar-refractivity contribution in [3.63, 3.8) is 0 Å². The molecule has 0 aliphatic heterocycles. The van der Waals surface area contributed by atoms with Crippen molar-refractivity contribution in [3.8, 4) is 0 Å². The summed E-state index contributed by atoms with van der Waals surface area (Å²) in [6.45, 7) is 1.78. The van der Waals surface area contributed by atoms with Crippen molar-refractivity contribution in [3.05, 3.63) is 40.5 Å². The van der Waals surface area contributed by atoms with E-state index in [4.69, 9.17) is 0 Å². The Kier molecular flexibility index (Phi) is 3.72. The lowest BCUT2D eigenvalue weighted by atomic mass is 10.3. The Morgan fingerprint density at radius 2 is 2.24 bits per heavy atom. The van der Waals surface area contributed by atoms with E-state index in [-0.39, 0.29) is 11.9 Å². The van der Waals surface area contributed by atoms with E-state index in [1.807, 2.05) is 24.3 Å². The molecular weight excluding hydrogens is 331 g/mol. The minimum absolute atomic E-state index is 0.111. The SMILES string of the molecule is CC(C(=O)Nc1ccccc1I)n1cncn1. The monoisotopic (exact) mass is 342 g/mol. The number of rotatable bonds is 3. The second kappa shape index (κ2) is 5.26. The van der Waals surface area contributed by atoms with Crippen molar-refractivity contribution in [2.45, 2.75) is 13.0 Å². The topological polar surface area (TPSA) is 59.8 Å². The number of benzene rings is 1. The van der Waals surface area contributed by atoms with Gasteiger partial charge in [0.2, 0.25) is 5.91 Å². The Bertz CT molecular complexity index is 512. The van der Waals surface area contributed by atoms with E-state index in [2.05, 4.69) is 38.0 Å². The van der Waals surface area contributed by atoms with Crippen LogP contribution in [-0.4, -0.2) is 20.7 Å². The van der Waals surface area contributed by atoms with Crippen LogP contribution in [0, 0.1) is 3.57 Å².